The zero-order valence-corrected chi connectivity index (χ0v) is 14.2. The number of amides is 3. The fraction of sp³-hybridized carbons (Fsp3) is 0.200. The number of ether oxygens (including phenoxy) is 1. The molecule has 126 valence electrons. The fourth-order valence-corrected chi connectivity index (χ4v) is 2.81. The monoisotopic (exact) mass is 367 g/mol. The van der Waals surface area contributed by atoms with Crippen molar-refractivity contribution in [2.45, 2.75) is 19.4 Å². The van der Waals surface area contributed by atoms with Gasteiger partial charge in [-0.05, 0) is 19.1 Å². The van der Waals surface area contributed by atoms with E-state index in [1.54, 1.807) is 17.5 Å². The maximum atomic E-state index is 11.8. The molecular formula is C15H14ClN3O4S. The number of rotatable bonds is 5. The average molecular weight is 368 g/mol. The highest BCUT2D eigenvalue weighted by Gasteiger charge is 2.20. The van der Waals surface area contributed by atoms with E-state index in [2.05, 4.69) is 4.98 Å². The predicted octanol–water partition coefficient (Wildman–Crippen LogP) is 2.13. The van der Waals surface area contributed by atoms with E-state index in [-0.39, 0.29) is 6.42 Å². The first-order valence-electron chi connectivity index (χ1n) is 6.85. The molecular weight excluding hydrogens is 354 g/mol. The largest absolute Gasteiger partial charge is 0.452 e. The van der Waals surface area contributed by atoms with Gasteiger partial charge in [0.25, 0.3) is 5.91 Å². The number of halogens is 1. The van der Waals surface area contributed by atoms with Gasteiger partial charge >= 0.3 is 12.0 Å². The van der Waals surface area contributed by atoms with Gasteiger partial charge in [0.1, 0.15) is 5.01 Å². The van der Waals surface area contributed by atoms with Crippen molar-refractivity contribution in [2.75, 3.05) is 0 Å². The number of carbonyl (C=O) groups is 3. The molecule has 24 heavy (non-hydrogen) atoms. The molecule has 1 unspecified atom stereocenters. The number of hydrogen-bond acceptors (Lipinski definition) is 6. The first-order chi connectivity index (χ1) is 11.3. The SMILES string of the molecule is CC(OC(=O)Cc1csc(-c2cccc(Cl)c2)n1)C(=O)NC(N)=O. The van der Waals surface area contributed by atoms with E-state index in [0.29, 0.717) is 10.7 Å². The summed E-state index contributed by atoms with van der Waals surface area (Å²) >= 11 is 7.31. The molecule has 1 aromatic heterocycles. The van der Waals surface area contributed by atoms with E-state index >= 15 is 0 Å². The molecule has 2 aromatic rings. The van der Waals surface area contributed by atoms with Gasteiger partial charge in [0.2, 0.25) is 0 Å². The van der Waals surface area contributed by atoms with Crippen LogP contribution in [0.25, 0.3) is 10.6 Å². The second-order valence-corrected chi connectivity index (χ2v) is 6.11. The van der Waals surface area contributed by atoms with Crippen molar-refractivity contribution < 1.29 is 19.1 Å². The lowest BCUT2D eigenvalue weighted by atomic mass is 10.2. The van der Waals surface area contributed by atoms with Gasteiger partial charge in [-0.15, -0.1) is 11.3 Å². The molecule has 0 fully saturated rings. The summed E-state index contributed by atoms with van der Waals surface area (Å²) in [6, 6.07) is 6.21. The summed E-state index contributed by atoms with van der Waals surface area (Å²) in [4.78, 5) is 38.2. The Morgan fingerprint density at radius 3 is 2.83 bits per heavy atom. The number of nitrogens with two attached hydrogens (primary N) is 1. The number of urea groups is 1. The second kappa shape index (κ2) is 7.89. The molecule has 0 aliphatic rings. The Morgan fingerprint density at radius 1 is 1.42 bits per heavy atom. The van der Waals surface area contributed by atoms with E-state index < -0.39 is 24.0 Å². The molecule has 1 aromatic carbocycles. The smallest absolute Gasteiger partial charge is 0.318 e. The summed E-state index contributed by atoms with van der Waals surface area (Å²) in [5.74, 6) is -1.42. The Balaban J connectivity index is 1.95. The lowest BCUT2D eigenvalue weighted by Crippen LogP contribution is -2.42. The predicted molar refractivity (Wildman–Crippen MR) is 89.5 cm³/mol. The summed E-state index contributed by atoms with van der Waals surface area (Å²) in [6.07, 6.45) is -1.22. The maximum Gasteiger partial charge on any atom is 0.318 e. The third-order valence-corrected chi connectivity index (χ3v) is 4.05. The quantitative estimate of drug-likeness (QED) is 0.786. The molecule has 3 amide bonds. The molecule has 7 nitrogen and oxygen atoms in total. The van der Waals surface area contributed by atoms with Crippen LogP contribution in [0.1, 0.15) is 12.6 Å². The minimum Gasteiger partial charge on any atom is -0.452 e. The van der Waals surface area contributed by atoms with Crippen LogP contribution in [0.4, 0.5) is 4.79 Å². The molecule has 1 atom stereocenters. The molecule has 0 bridgehead atoms. The first-order valence-corrected chi connectivity index (χ1v) is 8.11. The minimum atomic E-state index is -1.13. The molecule has 3 N–H and O–H groups in total. The van der Waals surface area contributed by atoms with Gasteiger partial charge in [-0.1, -0.05) is 23.7 Å². The summed E-state index contributed by atoms with van der Waals surface area (Å²) < 4.78 is 4.94. The van der Waals surface area contributed by atoms with Crippen LogP contribution in [-0.2, 0) is 20.7 Å². The molecule has 0 aliphatic carbocycles. The number of primary amides is 1. The Hall–Kier alpha value is -2.45. The van der Waals surface area contributed by atoms with Gasteiger partial charge in [0, 0.05) is 16.0 Å². The number of aromatic nitrogens is 1. The minimum absolute atomic E-state index is 0.0920. The lowest BCUT2D eigenvalue weighted by molar-refractivity contribution is -0.153. The Bertz CT molecular complexity index is 778. The van der Waals surface area contributed by atoms with Crippen LogP contribution in [0, 0.1) is 0 Å². The molecule has 2 rings (SSSR count). The second-order valence-electron chi connectivity index (χ2n) is 4.82. The van der Waals surface area contributed by atoms with Crippen molar-refractivity contribution in [3.05, 3.63) is 40.4 Å². The molecule has 0 spiro atoms. The molecule has 0 radical (unpaired) electrons. The third-order valence-electron chi connectivity index (χ3n) is 2.87. The highest BCUT2D eigenvalue weighted by Crippen LogP contribution is 2.26. The zero-order valence-electron chi connectivity index (χ0n) is 12.6. The van der Waals surface area contributed by atoms with E-state index in [1.165, 1.54) is 18.3 Å². The van der Waals surface area contributed by atoms with Crippen LogP contribution in [0.2, 0.25) is 5.02 Å². The van der Waals surface area contributed by atoms with Crippen molar-refractivity contribution in [1.82, 2.24) is 10.3 Å². The Morgan fingerprint density at radius 2 is 2.17 bits per heavy atom. The maximum absolute atomic E-state index is 11.8. The van der Waals surface area contributed by atoms with Crippen LogP contribution in [0.3, 0.4) is 0 Å². The van der Waals surface area contributed by atoms with Gasteiger partial charge in [0.15, 0.2) is 6.10 Å². The van der Waals surface area contributed by atoms with E-state index in [1.807, 2.05) is 17.4 Å². The van der Waals surface area contributed by atoms with Gasteiger partial charge in [0.05, 0.1) is 12.1 Å². The number of thiazole rings is 1. The summed E-state index contributed by atoms with van der Waals surface area (Å²) in [6.45, 7) is 1.34. The third kappa shape index (κ3) is 5.04. The molecule has 0 saturated carbocycles. The Labute approximate surface area is 146 Å². The summed E-state index contributed by atoms with van der Waals surface area (Å²) in [7, 11) is 0. The fourth-order valence-electron chi connectivity index (χ4n) is 1.81. The van der Waals surface area contributed by atoms with Crippen LogP contribution in [0.5, 0.6) is 0 Å². The number of esters is 1. The normalized spacial score (nSPS) is 11.6. The van der Waals surface area contributed by atoms with Crippen molar-refractivity contribution in [3.8, 4) is 10.6 Å². The highest BCUT2D eigenvalue weighted by molar-refractivity contribution is 7.13. The molecule has 0 saturated heterocycles. The summed E-state index contributed by atoms with van der Waals surface area (Å²) in [5.41, 5.74) is 6.19. The number of nitrogens with one attached hydrogen (secondary N) is 1. The van der Waals surface area contributed by atoms with Gasteiger partial charge in [-0.25, -0.2) is 9.78 Å². The van der Waals surface area contributed by atoms with Gasteiger partial charge in [-0.3, -0.25) is 14.9 Å². The van der Waals surface area contributed by atoms with Crippen LogP contribution in [-0.4, -0.2) is 29.0 Å². The zero-order chi connectivity index (χ0) is 17.7. The topological polar surface area (TPSA) is 111 Å². The van der Waals surface area contributed by atoms with Crippen molar-refractivity contribution in [3.63, 3.8) is 0 Å². The number of hydrogen-bond donors (Lipinski definition) is 2. The van der Waals surface area contributed by atoms with Gasteiger partial charge < -0.3 is 10.5 Å². The van der Waals surface area contributed by atoms with Crippen molar-refractivity contribution in [2.24, 2.45) is 5.73 Å². The number of nitrogens with zero attached hydrogens (tertiary/aromatic N) is 1. The van der Waals surface area contributed by atoms with Gasteiger partial charge in [-0.2, -0.15) is 0 Å². The average Bonchev–Trinajstić information content (AvgIpc) is 2.94. The highest BCUT2D eigenvalue weighted by atomic mass is 35.5. The van der Waals surface area contributed by atoms with Crippen LogP contribution in [0.15, 0.2) is 29.6 Å². The van der Waals surface area contributed by atoms with E-state index in [0.717, 1.165) is 10.6 Å². The lowest BCUT2D eigenvalue weighted by Gasteiger charge is -2.11. The number of imide groups is 1. The summed E-state index contributed by atoms with van der Waals surface area (Å²) in [5, 5.41) is 4.88. The van der Waals surface area contributed by atoms with E-state index in [9.17, 15) is 14.4 Å². The molecule has 9 heteroatoms. The molecule has 1 heterocycles. The number of carbonyl (C=O) groups excluding carboxylic acids is 3. The van der Waals surface area contributed by atoms with Crippen molar-refractivity contribution >= 4 is 40.8 Å². The van der Waals surface area contributed by atoms with Crippen molar-refractivity contribution in [1.29, 1.82) is 0 Å². The first kappa shape index (κ1) is 17.9. The van der Waals surface area contributed by atoms with E-state index in [4.69, 9.17) is 22.1 Å². The van der Waals surface area contributed by atoms with Crippen LogP contribution >= 0.6 is 22.9 Å². The molecule has 0 aliphatic heterocycles. The number of benzene rings is 1. The standard InChI is InChI=1S/C15H14ClN3O4S/c1-8(13(21)19-15(17)22)23-12(20)6-11-7-24-14(18-11)9-3-2-4-10(16)5-9/h2-5,7-8H,6H2,1H3,(H3,17,19,21,22). The van der Waals surface area contributed by atoms with Crippen LogP contribution < -0.4 is 11.1 Å². The Kier molecular flexibility index (Phi) is 5.88.